The third-order valence-electron chi connectivity index (χ3n) is 3.26. The number of esters is 1. The molecule has 2 aliphatic rings. The zero-order chi connectivity index (χ0) is 9.97. The van der Waals surface area contributed by atoms with Gasteiger partial charge in [-0.05, 0) is 38.0 Å². The van der Waals surface area contributed by atoms with Crippen LogP contribution in [0, 0.1) is 5.92 Å². The third-order valence-corrected chi connectivity index (χ3v) is 3.26. The summed E-state index contributed by atoms with van der Waals surface area (Å²) in [7, 11) is 0. The van der Waals surface area contributed by atoms with E-state index in [-0.39, 0.29) is 18.1 Å². The summed E-state index contributed by atoms with van der Waals surface area (Å²) in [6.45, 7) is 0. The van der Waals surface area contributed by atoms with E-state index in [9.17, 15) is 4.79 Å². The Morgan fingerprint density at radius 1 is 1.29 bits per heavy atom. The highest BCUT2D eigenvalue weighted by Gasteiger charge is 2.36. The Morgan fingerprint density at radius 3 is 2.50 bits per heavy atom. The Morgan fingerprint density at radius 2 is 1.93 bits per heavy atom. The number of rotatable bonds is 3. The van der Waals surface area contributed by atoms with Crippen LogP contribution in [0.4, 0.5) is 0 Å². The van der Waals surface area contributed by atoms with Crippen LogP contribution < -0.4 is 5.73 Å². The molecule has 2 atom stereocenters. The molecular weight excluding hydrogens is 178 g/mol. The number of carbonyl (C=O) groups is 1. The van der Waals surface area contributed by atoms with Gasteiger partial charge in [-0.2, -0.15) is 0 Å². The molecule has 0 aromatic carbocycles. The second kappa shape index (κ2) is 4.30. The summed E-state index contributed by atoms with van der Waals surface area (Å²) in [6, 6.07) is 0.258. The Hall–Kier alpha value is -0.570. The lowest BCUT2D eigenvalue weighted by Crippen LogP contribution is -2.21. The van der Waals surface area contributed by atoms with Crippen LogP contribution in [0.3, 0.4) is 0 Å². The van der Waals surface area contributed by atoms with Gasteiger partial charge in [-0.15, -0.1) is 0 Å². The number of hydrogen-bond acceptors (Lipinski definition) is 3. The van der Waals surface area contributed by atoms with E-state index in [1.165, 1.54) is 19.3 Å². The topological polar surface area (TPSA) is 52.3 Å². The minimum atomic E-state index is -0.0325. The quantitative estimate of drug-likeness (QED) is 0.699. The minimum absolute atomic E-state index is 0.0325. The highest BCUT2D eigenvalue weighted by Crippen LogP contribution is 2.32. The van der Waals surface area contributed by atoms with Gasteiger partial charge in [0, 0.05) is 12.5 Å². The van der Waals surface area contributed by atoms with Gasteiger partial charge in [-0.25, -0.2) is 0 Å². The van der Waals surface area contributed by atoms with Crippen molar-refractivity contribution in [2.24, 2.45) is 11.7 Å². The molecule has 0 aromatic rings. The van der Waals surface area contributed by atoms with E-state index in [1.54, 1.807) is 0 Å². The summed E-state index contributed by atoms with van der Waals surface area (Å²) in [5, 5.41) is 0. The maximum atomic E-state index is 11.4. The number of hydrogen-bond donors (Lipinski definition) is 1. The van der Waals surface area contributed by atoms with E-state index >= 15 is 0 Å². The standard InChI is InChI=1S/C11H19NO2/c12-10-6-8(10)7-11(13)14-9-4-2-1-3-5-9/h8-10H,1-7,12H2/t8-,10+/m1/s1. The van der Waals surface area contributed by atoms with E-state index < -0.39 is 0 Å². The molecule has 0 unspecified atom stereocenters. The zero-order valence-corrected chi connectivity index (χ0v) is 8.58. The van der Waals surface area contributed by atoms with Crippen molar-refractivity contribution in [2.75, 3.05) is 0 Å². The lowest BCUT2D eigenvalue weighted by Gasteiger charge is -2.21. The van der Waals surface area contributed by atoms with E-state index in [0.29, 0.717) is 12.3 Å². The average Bonchev–Trinajstić information content (AvgIpc) is 2.83. The van der Waals surface area contributed by atoms with E-state index in [1.807, 2.05) is 0 Å². The minimum Gasteiger partial charge on any atom is -0.462 e. The van der Waals surface area contributed by atoms with Gasteiger partial charge < -0.3 is 10.5 Å². The molecule has 0 amide bonds. The molecule has 0 saturated heterocycles. The molecule has 0 aliphatic heterocycles. The highest BCUT2D eigenvalue weighted by molar-refractivity contribution is 5.70. The van der Waals surface area contributed by atoms with Gasteiger partial charge >= 0.3 is 5.97 Å². The smallest absolute Gasteiger partial charge is 0.306 e. The van der Waals surface area contributed by atoms with Crippen molar-refractivity contribution >= 4 is 5.97 Å². The van der Waals surface area contributed by atoms with Gasteiger partial charge in [-0.3, -0.25) is 4.79 Å². The molecule has 0 bridgehead atoms. The molecule has 3 heteroatoms. The fraction of sp³-hybridized carbons (Fsp3) is 0.909. The highest BCUT2D eigenvalue weighted by atomic mass is 16.5. The molecular formula is C11H19NO2. The van der Waals surface area contributed by atoms with Gasteiger partial charge in [0.25, 0.3) is 0 Å². The molecule has 80 valence electrons. The maximum Gasteiger partial charge on any atom is 0.306 e. The average molecular weight is 197 g/mol. The van der Waals surface area contributed by atoms with Gasteiger partial charge in [0.05, 0.1) is 0 Å². The first-order valence-electron chi connectivity index (χ1n) is 5.71. The first kappa shape index (κ1) is 9.97. The Balaban J connectivity index is 1.65. The molecule has 3 nitrogen and oxygen atoms in total. The summed E-state index contributed by atoms with van der Waals surface area (Å²) in [6.07, 6.45) is 7.57. The van der Waals surface area contributed by atoms with Gasteiger partial charge in [0.15, 0.2) is 0 Å². The van der Waals surface area contributed by atoms with Crippen LogP contribution in [0.25, 0.3) is 0 Å². The van der Waals surface area contributed by atoms with Crippen LogP contribution in [0.5, 0.6) is 0 Å². The summed E-state index contributed by atoms with van der Waals surface area (Å²) in [5.41, 5.74) is 5.64. The zero-order valence-electron chi connectivity index (χ0n) is 8.58. The molecule has 0 spiro atoms. The predicted octanol–water partition coefficient (Wildman–Crippen LogP) is 1.60. The summed E-state index contributed by atoms with van der Waals surface area (Å²) >= 11 is 0. The third kappa shape index (κ3) is 2.71. The lowest BCUT2D eigenvalue weighted by molar-refractivity contribution is -0.150. The van der Waals surface area contributed by atoms with Crippen molar-refractivity contribution in [3.05, 3.63) is 0 Å². The van der Waals surface area contributed by atoms with Crippen molar-refractivity contribution < 1.29 is 9.53 Å². The maximum absolute atomic E-state index is 11.4. The van der Waals surface area contributed by atoms with Gasteiger partial charge in [-0.1, -0.05) is 6.42 Å². The van der Waals surface area contributed by atoms with E-state index in [0.717, 1.165) is 19.3 Å². The molecule has 2 rings (SSSR count). The van der Waals surface area contributed by atoms with Crippen molar-refractivity contribution in [1.82, 2.24) is 0 Å². The van der Waals surface area contributed by atoms with Crippen LogP contribution in [-0.4, -0.2) is 18.1 Å². The van der Waals surface area contributed by atoms with Crippen molar-refractivity contribution in [3.8, 4) is 0 Å². The monoisotopic (exact) mass is 197 g/mol. The largest absolute Gasteiger partial charge is 0.462 e. The number of ether oxygens (including phenoxy) is 1. The molecule has 2 aliphatic carbocycles. The Bertz CT molecular complexity index is 211. The molecule has 2 fully saturated rings. The van der Waals surface area contributed by atoms with E-state index in [4.69, 9.17) is 10.5 Å². The van der Waals surface area contributed by atoms with Crippen LogP contribution in [0.15, 0.2) is 0 Å². The predicted molar refractivity (Wildman–Crippen MR) is 53.7 cm³/mol. The first-order chi connectivity index (χ1) is 6.75. The van der Waals surface area contributed by atoms with Gasteiger partial charge in [0.1, 0.15) is 6.10 Å². The fourth-order valence-corrected chi connectivity index (χ4v) is 2.14. The van der Waals surface area contributed by atoms with Crippen molar-refractivity contribution in [3.63, 3.8) is 0 Å². The Labute approximate surface area is 85.0 Å². The van der Waals surface area contributed by atoms with Gasteiger partial charge in [0.2, 0.25) is 0 Å². The molecule has 0 heterocycles. The molecule has 0 aromatic heterocycles. The number of nitrogens with two attached hydrogens (primary N) is 1. The molecule has 2 N–H and O–H groups in total. The van der Waals surface area contributed by atoms with Crippen molar-refractivity contribution in [1.29, 1.82) is 0 Å². The summed E-state index contributed by atoms with van der Waals surface area (Å²) < 4.78 is 5.40. The first-order valence-corrected chi connectivity index (χ1v) is 5.71. The van der Waals surface area contributed by atoms with Crippen LogP contribution >= 0.6 is 0 Å². The van der Waals surface area contributed by atoms with Crippen LogP contribution in [0.2, 0.25) is 0 Å². The summed E-state index contributed by atoms with van der Waals surface area (Å²) in [5.74, 6) is 0.376. The summed E-state index contributed by atoms with van der Waals surface area (Å²) in [4.78, 5) is 11.4. The fourth-order valence-electron chi connectivity index (χ4n) is 2.14. The second-order valence-corrected chi connectivity index (χ2v) is 4.61. The molecule has 0 radical (unpaired) electrons. The lowest BCUT2D eigenvalue weighted by atomic mass is 9.98. The number of carbonyl (C=O) groups excluding carboxylic acids is 1. The Kier molecular flexibility index (Phi) is 3.06. The normalized spacial score (nSPS) is 32.6. The molecule has 14 heavy (non-hydrogen) atoms. The van der Waals surface area contributed by atoms with Crippen LogP contribution in [-0.2, 0) is 9.53 Å². The molecule has 2 saturated carbocycles. The van der Waals surface area contributed by atoms with E-state index in [2.05, 4.69) is 0 Å². The van der Waals surface area contributed by atoms with Crippen molar-refractivity contribution in [2.45, 2.75) is 57.1 Å². The second-order valence-electron chi connectivity index (χ2n) is 4.61. The van der Waals surface area contributed by atoms with Crippen LogP contribution in [0.1, 0.15) is 44.9 Å². The SMILES string of the molecule is N[C@H]1C[C@@H]1CC(=O)OC1CCCCC1.